The van der Waals surface area contributed by atoms with E-state index in [2.05, 4.69) is 57.8 Å². The van der Waals surface area contributed by atoms with Gasteiger partial charge in [0.1, 0.15) is 5.01 Å². The topological polar surface area (TPSA) is 45.2 Å². The molecule has 4 nitrogen and oxygen atoms in total. The highest BCUT2D eigenvalue weighted by Gasteiger charge is 2.15. The molecule has 2 aromatic heterocycles. The lowest BCUT2D eigenvalue weighted by Gasteiger charge is -2.30. The van der Waals surface area contributed by atoms with Gasteiger partial charge in [-0.25, -0.2) is 4.98 Å². The maximum Gasteiger partial charge on any atom is 0.226 e. The molecule has 1 amide bonds. The molecular formula is C23H27N3OS2. The maximum absolute atomic E-state index is 12.3. The molecule has 0 saturated carbocycles. The molecule has 0 aliphatic carbocycles. The van der Waals surface area contributed by atoms with Crippen LogP contribution in [0.4, 0.5) is 0 Å². The summed E-state index contributed by atoms with van der Waals surface area (Å²) in [6.07, 6.45) is 2.93. The highest BCUT2D eigenvalue weighted by molar-refractivity contribution is 7.14. The molecule has 0 radical (unpaired) electrons. The maximum atomic E-state index is 12.3. The fourth-order valence-corrected chi connectivity index (χ4v) is 5.11. The van der Waals surface area contributed by atoms with Crippen molar-refractivity contribution in [3.8, 4) is 10.6 Å². The van der Waals surface area contributed by atoms with Crippen LogP contribution in [0.2, 0.25) is 0 Å². The first-order chi connectivity index (χ1) is 14.2. The third kappa shape index (κ3) is 5.75. The third-order valence-corrected chi connectivity index (χ3v) is 7.08. The number of nitrogens with zero attached hydrogens (tertiary/aromatic N) is 2. The summed E-state index contributed by atoms with van der Waals surface area (Å²) in [5.41, 5.74) is 4.44. The second-order valence-electron chi connectivity index (χ2n) is 7.88. The van der Waals surface area contributed by atoms with E-state index in [4.69, 9.17) is 0 Å². The van der Waals surface area contributed by atoms with Crippen molar-refractivity contribution in [3.05, 3.63) is 63.3 Å². The zero-order valence-electron chi connectivity index (χ0n) is 16.8. The van der Waals surface area contributed by atoms with Crippen LogP contribution in [0.3, 0.4) is 0 Å². The average Bonchev–Trinajstić information content (AvgIpc) is 3.41. The molecule has 6 heteroatoms. The zero-order valence-corrected chi connectivity index (χ0v) is 18.4. The number of aromatic nitrogens is 1. The number of thiophene rings is 1. The van der Waals surface area contributed by atoms with Crippen molar-refractivity contribution < 1.29 is 4.79 Å². The van der Waals surface area contributed by atoms with Crippen molar-refractivity contribution >= 4 is 28.6 Å². The highest BCUT2D eigenvalue weighted by Crippen LogP contribution is 2.25. The molecule has 0 bridgehead atoms. The molecule has 29 heavy (non-hydrogen) atoms. The summed E-state index contributed by atoms with van der Waals surface area (Å²) >= 11 is 3.25. The predicted molar refractivity (Wildman–Crippen MR) is 121 cm³/mol. The monoisotopic (exact) mass is 425 g/mol. The van der Waals surface area contributed by atoms with Crippen LogP contribution < -0.4 is 5.32 Å². The molecule has 0 spiro atoms. The predicted octanol–water partition coefficient (Wildman–Crippen LogP) is 4.96. The standard InChI is InChI=1S/C23H27N3OS2/c1-17-6-9-26(10-7-17)14-19-4-2-18(3-5-19)13-24-22(27)12-21-16-29-23(25-21)20-8-11-28-15-20/h2-5,8,11,15-17H,6-7,9-10,12-14H2,1H3,(H,24,27). The van der Waals surface area contributed by atoms with Crippen LogP contribution in [-0.2, 0) is 24.3 Å². The summed E-state index contributed by atoms with van der Waals surface area (Å²) in [7, 11) is 0. The van der Waals surface area contributed by atoms with Gasteiger partial charge in [-0.05, 0) is 54.4 Å². The number of rotatable bonds is 7. The van der Waals surface area contributed by atoms with E-state index in [0.29, 0.717) is 13.0 Å². The minimum atomic E-state index is 0.0127. The van der Waals surface area contributed by atoms with Gasteiger partial charge in [-0.15, -0.1) is 11.3 Å². The molecule has 1 aliphatic rings. The van der Waals surface area contributed by atoms with Crippen molar-refractivity contribution in [3.63, 3.8) is 0 Å². The van der Waals surface area contributed by atoms with E-state index in [9.17, 15) is 4.79 Å². The van der Waals surface area contributed by atoms with E-state index in [1.807, 2.05) is 10.8 Å². The molecule has 1 N–H and O–H groups in total. The van der Waals surface area contributed by atoms with Gasteiger partial charge in [0.15, 0.2) is 0 Å². The molecule has 1 fully saturated rings. The van der Waals surface area contributed by atoms with Crippen molar-refractivity contribution in [1.82, 2.24) is 15.2 Å². The Morgan fingerprint density at radius 2 is 1.90 bits per heavy atom. The van der Waals surface area contributed by atoms with E-state index in [1.54, 1.807) is 22.7 Å². The van der Waals surface area contributed by atoms with Crippen LogP contribution in [0.25, 0.3) is 10.6 Å². The fourth-order valence-electron chi connectivity index (χ4n) is 3.58. The Labute approximate surface area is 180 Å². The normalized spacial score (nSPS) is 15.5. The van der Waals surface area contributed by atoms with Gasteiger partial charge in [-0.1, -0.05) is 31.2 Å². The molecular weight excluding hydrogens is 398 g/mol. The Balaban J connectivity index is 1.23. The number of nitrogens with one attached hydrogen (secondary N) is 1. The minimum absolute atomic E-state index is 0.0127. The van der Waals surface area contributed by atoms with Gasteiger partial charge in [-0.3, -0.25) is 9.69 Å². The SMILES string of the molecule is CC1CCN(Cc2ccc(CNC(=O)Cc3csc(-c4ccsc4)n3)cc2)CC1. The third-order valence-electron chi connectivity index (χ3n) is 5.46. The summed E-state index contributed by atoms with van der Waals surface area (Å²) in [5.74, 6) is 0.877. The number of amides is 1. The van der Waals surface area contributed by atoms with Crippen LogP contribution in [0.15, 0.2) is 46.5 Å². The van der Waals surface area contributed by atoms with E-state index in [1.165, 1.54) is 31.5 Å². The Morgan fingerprint density at radius 1 is 1.14 bits per heavy atom. The molecule has 1 saturated heterocycles. The zero-order chi connectivity index (χ0) is 20.1. The molecule has 3 aromatic rings. The summed E-state index contributed by atoms with van der Waals surface area (Å²) in [6, 6.07) is 10.7. The Hall–Kier alpha value is -2.02. The first kappa shape index (κ1) is 20.3. The average molecular weight is 426 g/mol. The Kier molecular flexibility index (Phi) is 6.74. The second-order valence-corrected chi connectivity index (χ2v) is 9.52. The quantitative estimate of drug-likeness (QED) is 0.582. The molecule has 3 heterocycles. The van der Waals surface area contributed by atoms with Gasteiger partial charge in [-0.2, -0.15) is 11.3 Å². The summed E-state index contributed by atoms with van der Waals surface area (Å²) in [4.78, 5) is 19.4. The van der Waals surface area contributed by atoms with E-state index < -0.39 is 0 Å². The lowest BCUT2D eigenvalue weighted by Crippen LogP contribution is -2.32. The van der Waals surface area contributed by atoms with Gasteiger partial charge in [0.25, 0.3) is 0 Å². The number of thiazole rings is 1. The van der Waals surface area contributed by atoms with Crippen LogP contribution in [0.1, 0.15) is 36.6 Å². The van der Waals surface area contributed by atoms with Gasteiger partial charge in [0, 0.05) is 29.4 Å². The fraction of sp³-hybridized carbons (Fsp3) is 0.391. The van der Waals surface area contributed by atoms with E-state index in [0.717, 1.165) is 34.3 Å². The molecule has 1 aromatic carbocycles. The van der Waals surface area contributed by atoms with Gasteiger partial charge in [0.2, 0.25) is 5.91 Å². The summed E-state index contributed by atoms with van der Waals surface area (Å²) in [5, 5.41) is 10.1. The van der Waals surface area contributed by atoms with Crippen molar-refractivity contribution in [2.75, 3.05) is 13.1 Å². The number of hydrogen-bond acceptors (Lipinski definition) is 5. The molecule has 0 atom stereocenters. The van der Waals surface area contributed by atoms with Crippen molar-refractivity contribution in [2.45, 2.75) is 39.3 Å². The number of piperidine rings is 1. The van der Waals surface area contributed by atoms with Gasteiger partial charge >= 0.3 is 0 Å². The Morgan fingerprint density at radius 3 is 2.62 bits per heavy atom. The van der Waals surface area contributed by atoms with E-state index >= 15 is 0 Å². The molecule has 152 valence electrons. The Bertz CT molecular complexity index is 910. The van der Waals surface area contributed by atoms with Crippen LogP contribution in [0.5, 0.6) is 0 Å². The minimum Gasteiger partial charge on any atom is -0.352 e. The van der Waals surface area contributed by atoms with Crippen LogP contribution >= 0.6 is 22.7 Å². The smallest absolute Gasteiger partial charge is 0.226 e. The van der Waals surface area contributed by atoms with Crippen molar-refractivity contribution in [2.24, 2.45) is 5.92 Å². The number of likely N-dealkylation sites (tertiary alicyclic amines) is 1. The number of carbonyl (C=O) groups excluding carboxylic acids is 1. The number of hydrogen-bond donors (Lipinski definition) is 1. The lowest BCUT2D eigenvalue weighted by molar-refractivity contribution is -0.120. The molecule has 4 rings (SSSR count). The number of carbonyl (C=O) groups is 1. The summed E-state index contributed by atoms with van der Waals surface area (Å²) in [6.45, 7) is 6.32. The highest BCUT2D eigenvalue weighted by atomic mass is 32.1. The summed E-state index contributed by atoms with van der Waals surface area (Å²) < 4.78 is 0. The number of benzene rings is 1. The first-order valence-corrected chi connectivity index (χ1v) is 12.0. The van der Waals surface area contributed by atoms with E-state index in [-0.39, 0.29) is 5.91 Å². The molecule has 0 unspecified atom stereocenters. The second kappa shape index (κ2) is 9.65. The van der Waals surface area contributed by atoms with Crippen LogP contribution in [0, 0.1) is 5.92 Å². The first-order valence-electron chi connectivity index (χ1n) is 10.2. The van der Waals surface area contributed by atoms with Gasteiger partial charge < -0.3 is 5.32 Å². The largest absolute Gasteiger partial charge is 0.352 e. The van der Waals surface area contributed by atoms with Gasteiger partial charge in [0.05, 0.1) is 12.1 Å². The van der Waals surface area contributed by atoms with Crippen LogP contribution in [-0.4, -0.2) is 28.9 Å². The molecule has 1 aliphatic heterocycles. The lowest BCUT2D eigenvalue weighted by atomic mass is 9.99. The van der Waals surface area contributed by atoms with Crippen molar-refractivity contribution in [1.29, 1.82) is 0 Å².